The van der Waals surface area contributed by atoms with Gasteiger partial charge in [0.15, 0.2) is 0 Å². The number of hydrogen-bond acceptors (Lipinski definition) is 2. The Bertz CT molecular complexity index is 294. The van der Waals surface area contributed by atoms with Crippen molar-refractivity contribution in [1.82, 2.24) is 5.32 Å². The van der Waals surface area contributed by atoms with Gasteiger partial charge in [-0.1, -0.05) is 12.1 Å². The minimum absolute atomic E-state index is 0.588. The summed E-state index contributed by atoms with van der Waals surface area (Å²) >= 11 is 0. The van der Waals surface area contributed by atoms with Crippen LogP contribution in [0.15, 0.2) is 18.2 Å². The van der Waals surface area contributed by atoms with Crippen LogP contribution in [0.4, 0.5) is 5.69 Å². The molecule has 1 aliphatic carbocycles. The van der Waals surface area contributed by atoms with E-state index in [-0.39, 0.29) is 0 Å². The van der Waals surface area contributed by atoms with Crippen LogP contribution in [0.25, 0.3) is 0 Å². The van der Waals surface area contributed by atoms with Crippen LogP contribution < -0.4 is 11.1 Å². The summed E-state index contributed by atoms with van der Waals surface area (Å²) in [5.41, 5.74) is 9.57. The van der Waals surface area contributed by atoms with Crippen LogP contribution in [-0.4, -0.2) is 13.1 Å². The second kappa shape index (κ2) is 2.79. The van der Waals surface area contributed by atoms with E-state index >= 15 is 0 Å². The Labute approximate surface area is 72.8 Å². The smallest absolute Gasteiger partial charge is 0.0349 e. The normalized spacial score (nSPS) is 20.9. The van der Waals surface area contributed by atoms with Gasteiger partial charge in [-0.05, 0) is 37.1 Å². The van der Waals surface area contributed by atoms with Gasteiger partial charge >= 0.3 is 0 Å². The predicted molar refractivity (Wildman–Crippen MR) is 51.1 cm³/mol. The van der Waals surface area contributed by atoms with E-state index in [1.54, 1.807) is 0 Å². The maximum absolute atomic E-state index is 5.86. The minimum Gasteiger partial charge on any atom is -0.398 e. The molecule has 0 saturated heterocycles. The van der Waals surface area contributed by atoms with Crippen molar-refractivity contribution in [2.24, 2.45) is 0 Å². The predicted octanol–water partition coefficient (Wildman–Crippen LogP) is 0.955. The number of likely N-dealkylation sites (N-methyl/N-ethyl adjacent to an activating group) is 1. The molecular weight excluding hydrogens is 148 g/mol. The highest BCUT2D eigenvalue weighted by molar-refractivity contribution is 5.53. The fourth-order valence-corrected chi connectivity index (χ4v) is 1.88. The number of anilines is 1. The van der Waals surface area contributed by atoms with Gasteiger partial charge in [-0.25, -0.2) is 0 Å². The molecule has 12 heavy (non-hydrogen) atoms. The van der Waals surface area contributed by atoms with Crippen LogP contribution in [0.5, 0.6) is 0 Å². The molecule has 0 fully saturated rings. The number of fused-ring (bicyclic) bond motifs is 1. The molecule has 1 unspecified atom stereocenters. The summed E-state index contributed by atoms with van der Waals surface area (Å²) in [5.74, 6) is 0. The number of benzene rings is 1. The van der Waals surface area contributed by atoms with Crippen LogP contribution in [0, 0.1) is 0 Å². The Morgan fingerprint density at radius 1 is 1.42 bits per heavy atom. The molecule has 2 nitrogen and oxygen atoms in total. The Balaban J connectivity index is 2.35. The zero-order valence-corrected chi connectivity index (χ0v) is 7.30. The number of nitrogens with two attached hydrogens (primary N) is 1. The Kier molecular flexibility index (Phi) is 1.77. The van der Waals surface area contributed by atoms with E-state index < -0.39 is 0 Å². The molecule has 0 aliphatic heterocycles. The number of hydrogen-bond donors (Lipinski definition) is 2. The highest BCUT2D eigenvalue weighted by Crippen LogP contribution is 2.26. The second-order valence-corrected chi connectivity index (χ2v) is 3.38. The lowest BCUT2D eigenvalue weighted by Gasteiger charge is -2.04. The van der Waals surface area contributed by atoms with Crippen molar-refractivity contribution < 1.29 is 0 Å². The van der Waals surface area contributed by atoms with E-state index in [0.717, 1.165) is 18.5 Å². The molecule has 0 saturated carbocycles. The van der Waals surface area contributed by atoms with E-state index in [1.807, 2.05) is 19.2 Å². The summed E-state index contributed by atoms with van der Waals surface area (Å²) in [6.07, 6.45) is 2.20. The zero-order chi connectivity index (χ0) is 8.55. The Hall–Kier alpha value is -1.02. The fraction of sp³-hybridized carbons (Fsp3) is 0.400. The summed E-state index contributed by atoms with van der Waals surface area (Å²) in [6.45, 7) is 0. The molecule has 0 heterocycles. The van der Waals surface area contributed by atoms with Crippen molar-refractivity contribution in [2.75, 3.05) is 12.8 Å². The van der Waals surface area contributed by atoms with Crippen molar-refractivity contribution in [3.8, 4) is 0 Å². The molecule has 1 aromatic rings. The van der Waals surface area contributed by atoms with Gasteiger partial charge in [0.05, 0.1) is 0 Å². The molecule has 1 aliphatic rings. The van der Waals surface area contributed by atoms with Crippen LogP contribution in [0.1, 0.15) is 11.1 Å². The van der Waals surface area contributed by atoms with Crippen LogP contribution in [-0.2, 0) is 12.8 Å². The van der Waals surface area contributed by atoms with Gasteiger partial charge in [-0.2, -0.15) is 0 Å². The Morgan fingerprint density at radius 2 is 2.25 bits per heavy atom. The molecule has 0 amide bonds. The third kappa shape index (κ3) is 1.08. The van der Waals surface area contributed by atoms with Gasteiger partial charge in [0.2, 0.25) is 0 Å². The molecule has 0 bridgehead atoms. The van der Waals surface area contributed by atoms with Gasteiger partial charge < -0.3 is 11.1 Å². The van der Waals surface area contributed by atoms with Gasteiger partial charge in [0.1, 0.15) is 0 Å². The lowest BCUT2D eigenvalue weighted by molar-refractivity contribution is 0.594. The molecule has 2 heteroatoms. The number of rotatable bonds is 1. The van der Waals surface area contributed by atoms with E-state index in [9.17, 15) is 0 Å². The molecule has 2 rings (SSSR count). The van der Waals surface area contributed by atoms with Crippen LogP contribution in [0.2, 0.25) is 0 Å². The molecule has 0 spiro atoms. The van der Waals surface area contributed by atoms with Gasteiger partial charge in [-0.15, -0.1) is 0 Å². The van der Waals surface area contributed by atoms with E-state index in [4.69, 9.17) is 5.73 Å². The molecule has 0 aromatic heterocycles. The highest BCUT2D eigenvalue weighted by Gasteiger charge is 2.20. The summed E-state index contributed by atoms with van der Waals surface area (Å²) in [5, 5.41) is 3.28. The number of nitrogen functional groups attached to an aromatic ring is 1. The third-order valence-corrected chi connectivity index (χ3v) is 2.63. The lowest BCUT2D eigenvalue weighted by atomic mass is 10.1. The van der Waals surface area contributed by atoms with E-state index in [1.165, 1.54) is 11.1 Å². The first kappa shape index (κ1) is 7.62. The molecule has 3 N–H and O–H groups in total. The van der Waals surface area contributed by atoms with Gasteiger partial charge in [-0.3, -0.25) is 0 Å². The van der Waals surface area contributed by atoms with E-state index in [0.29, 0.717) is 6.04 Å². The molecule has 64 valence electrons. The first-order valence-corrected chi connectivity index (χ1v) is 4.34. The largest absolute Gasteiger partial charge is 0.398 e. The molecular formula is C10H14N2. The van der Waals surface area contributed by atoms with Crippen LogP contribution >= 0.6 is 0 Å². The molecule has 1 aromatic carbocycles. The first-order valence-electron chi connectivity index (χ1n) is 4.34. The average Bonchev–Trinajstić information content (AvgIpc) is 2.49. The third-order valence-electron chi connectivity index (χ3n) is 2.63. The van der Waals surface area contributed by atoms with Crippen molar-refractivity contribution in [2.45, 2.75) is 18.9 Å². The van der Waals surface area contributed by atoms with Crippen molar-refractivity contribution in [3.05, 3.63) is 29.3 Å². The monoisotopic (exact) mass is 162 g/mol. The molecule has 1 atom stereocenters. The Morgan fingerprint density at radius 3 is 2.92 bits per heavy atom. The van der Waals surface area contributed by atoms with Crippen molar-refractivity contribution in [1.29, 1.82) is 0 Å². The molecule has 0 radical (unpaired) electrons. The minimum atomic E-state index is 0.588. The standard InChI is InChI=1S/C10H14N2/c1-12-8-5-7-3-2-4-10(11)9(7)6-8/h2-4,8,12H,5-6,11H2,1H3. The fourth-order valence-electron chi connectivity index (χ4n) is 1.88. The topological polar surface area (TPSA) is 38.0 Å². The quantitative estimate of drug-likeness (QED) is 0.603. The summed E-state index contributed by atoms with van der Waals surface area (Å²) in [7, 11) is 2.01. The first-order chi connectivity index (χ1) is 5.81. The number of nitrogens with one attached hydrogen (secondary N) is 1. The van der Waals surface area contributed by atoms with Crippen LogP contribution in [0.3, 0.4) is 0 Å². The van der Waals surface area contributed by atoms with Gasteiger partial charge in [0, 0.05) is 11.7 Å². The maximum atomic E-state index is 5.86. The highest BCUT2D eigenvalue weighted by atomic mass is 14.9. The van der Waals surface area contributed by atoms with E-state index in [2.05, 4.69) is 11.4 Å². The second-order valence-electron chi connectivity index (χ2n) is 3.38. The van der Waals surface area contributed by atoms with Crippen molar-refractivity contribution in [3.63, 3.8) is 0 Å². The maximum Gasteiger partial charge on any atom is 0.0349 e. The lowest BCUT2D eigenvalue weighted by Crippen LogP contribution is -2.24. The average molecular weight is 162 g/mol. The zero-order valence-electron chi connectivity index (χ0n) is 7.30. The van der Waals surface area contributed by atoms with Crippen molar-refractivity contribution >= 4 is 5.69 Å². The van der Waals surface area contributed by atoms with Gasteiger partial charge in [0.25, 0.3) is 0 Å². The summed E-state index contributed by atoms with van der Waals surface area (Å²) in [6, 6.07) is 6.77. The summed E-state index contributed by atoms with van der Waals surface area (Å²) < 4.78 is 0. The SMILES string of the molecule is CNC1Cc2cccc(N)c2C1. The summed E-state index contributed by atoms with van der Waals surface area (Å²) in [4.78, 5) is 0.